The average Bonchev–Trinajstić information content (AvgIpc) is 2.48. The molecule has 0 unspecified atom stereocenters. The van der Waals surface area contributed by atoms with Crippen LogP contribution >= 0.6 is 15.9 Å². The Morgan fingerprint density at radius 1 is 1.10 bits per heavy atom. The zero-order chi connectivity index (χ0) is 15.0. The maximum Gasteiger partial charge on any atom is 0.0992 e. The zero-order valence-corrected chi connectivity index (χ0v) is 14.3. The van der Waals surface area contributed by atoms with Crippen LogP contribution < -0.4 is 4.90 Å². The van der Waals surface area contributed by atoms with Crippen LogP contribution in [0.4, 0.5) is 5.69 Å². The van der Waals surface area contributed by atoms with Crippen LogP contribution in [-0.4, -0.2) is 37.6 Å². The van der Waals surface area contributed by atoms with E-state index in [0.717, 1.165) is 43.6 Å². The number of hydrogen-bond donors (Lipinski definition) is 0. The first-order valence-corrected chi connectivity index (χ1v) is 8.12. The van der Waals surface area contributed by atoms with Crippen molar-refractivity contribution in [2.75, 3.05) is 37.6 Å². The summed E-state index contributed by atoms with van der Waals surface area (Å²) >= 11 is 3.57. The van der Waals surface area contributed by atoms with Crippen molar-refractivity contribution in [1.82, 2.24) is 4.90 Å². The summed E-state index contributed by atoms with van der Waals surface area (Å²) in [6.07, 6.45) is 1.15. The number of halogens is 1. The molecule has 3 nitrogen and oxygen atoms in total. The molecule has 4 heteroatoms. The topological polar surface area (TPSA) is 30.3 Å². The second-order valence-electron chi connectivity index (χ2n) is 4.74. The van der Waals surface area contributed by atoms with Crippen LogP contribution in [-0.2, 0) is 0 Å². The van der Waals surface area contributed by atoms with Gasteiger partial charge in [-0.3, -0.25) is 0 Å². The minimum Gasteiger partial charge on any atom is -0.371 e. The van der Waals surface area contributed by atoms with Gasteiger partial charge >= 0.3 is 0 Å². The fourth-order valence-corrected chi connectivity index (χ4v) is 2.94. The Morgan fingerprint density at radius 3 is 2.30 bits per heavy atom. The Kier molecular flexibility index (Phi) is 7.64. The van der Waals surface area contributed by atoms with Gasteiger partial charge in [-0.05, 0) is 67.1 Å². The molecule has 0 amide bonds. The lowest BCUT2D eigenvalue weighted by molar-refractivity contribution is 0.301. The smallest absolute Gasteiger partial charge is 0.0992 e. The van der Waals surface area contributed by atoms with Crippen LogP contribution in [0.5, 0.6) is 0 Å². The van der Waals surface area contributed by atoms with Gasteiger partial charge in [0.2, 0.25) is 0 Å². The molecule has 0 aromatic heterocycles. The molecule has 20 heavy (non-hydrogen) atoms. The Morgan fingerprint density at radius 2 is 1.80 bits per heavy atom. The lowest BCUT2D eigenvalue weighted by Gasteiger charge is -2.26. The molecule has 0 atom stereocenters. The van der Waals surface area contributed by atoms with Gasteiger partial charge in [-0.2, -0.15) is 5.26 Å². The summed E-state index contributed by atoms with van der Waals surface area (Å²) in [5.41, 5.74) is 1.87. The molecule has 1 rings (SSSR count). The van der Waals surface area contributed by atoms with Gasteiger partial charge in [-0.25, -0.2) is 0 Å². The molecule has 0 aliphatic carbocycles. The summed E-state index contributed by atoms with van der Waals surface area (Å²) in [6, 6.07) is 7.97. The van der Waals surface area contributed by atoms with E-state index in [2.05, 4.69) is 52.6 Å². The highest BCUT2D eigenvalue weighted by Crippen LogP contribution is 2.27. The van der Waals surface area contributed by atoms with Gasteiger partial charge < -0.3 is 9.80 Å². The fourth-order valence-electron chi connectivity index (χ4n) is 2.31. The molecule has 0 radical (unpaired) electrons. The first-order valence-electron chi connectivity index (χ1n) is 7.33. The Hall–Kier alpha value is -1.05. The molecule has 0 bridgehead atoms. The molecule has 0 spiro atoms. The van der Waals surface area contributed by atoms with Crippen molar-refractivity contribution in [3.63, 3.8) is 0 Å². The molecule has 1 aromatic rings. The Bertz CT molecular complexity index is 450. The quantitative estimate of drug-likeness (QED) is 0.721. The standard InChI is InChI=1S/C16H24BrN3/c1-4-19(5-2)10-7-11-20(6-3)16-9-8-14(13-18)12-15(16)17/h8-9,12H,4-7,10-11H2,1-3H3. The van der Waals surface area contributed by atoms with E-state index >= 15 is 0 Å². The second-order valence-corrected chi connectivity index (χ2v) is 5.59. The molecule has 0 N–H and O–H groups in total. The van der Waals surface area contributed by atoms with Gasteiger partial charge in [-0.15, -0.1) is 0 Å². The van der Waals surface area contributed by atoms with Crippen molar-refractivity contribution in [2.24, 2.45) is 0 Å². The number of rotatable bonds is 8. The minimum absolute atomic E-state index is 0.694. The van der Waals surface area contributed by atoms with Crippen molar-refractivity contribution in [2.45, 2.75) is 27.2 Å². The lowest BCUT2D eigenvalue weighted by Crippen LogP contribution is -2.30. The molecule has 0 aliphatic rings. The monoisotopic (exact) mass is 337 g/mol. The molecule has 110 valence electrons. The molecule has 0 saturated carbocycles. The summed E-state index contributed by atoms with van der Waals surface area (Å²) < 4.78 is 1.00. The predicted molar refractivity (Wildman–Crippen MR) is 89.1 cm³/mol. The van der Waals surface area contributed by atoms with Crippen LogP contribution in [0.1, 0.15) is 32.8 Å². The lowest BCUT2D eigenvalue weighted by atomic mass is 10.2. The third-order valence-corrected chi connectivity index (χ3v) is 4.23. The maximum absolute atomic E-state index is 8.92. The molecular weight excluding hydrogens is 314 g/mol. The first-order chi connectivity index (χ1) is 9.65. The van der Waals surface area contributed by atoms with Crippen LogP contribution in [0.15, 0.2) is 22.7 Å². The van der Waals surface area contributed by atoms with Gasteiger partial charge in [0.25, 0.3) is 0 Å². The third kappa shape index (κ3) is 4.81. The maximum atomic E-state index is 8.92. The Labute approximate surface area is 131 Å². The molecule has 0 heterocycles. The van der Waals surface area contributed by atoms with Crippen LogP contribution in [0.3, 0.4) is 0 Å². The van der Waals surface area contributed by atoms with E-state index in [-0.39, 0.29) is 0 Å². The van der Waals surface area contributed by atoms with Gasteiger partial charge in [0.1, 0.15) is 0 Å². The number of nitriles is 1. The number of benzene rings is 1. The van der Waals surface area contributed by atoms with E-state index in [0.29, 0.717) is 5.56 Å². The number of anilines is 1. The second kappa shape index (κ2) is 8.99. The number of nitrogens with zero attached hydrogens (tertiary/aromatic N) is 3. The SMILES string of the molecule is CCN(CC)CCCN(CC)c1ccc(C#N)cc1Br. The molecule has 0 aliphatic heterocycles. The summed E-state index contributed by atoms with van der Waals surface area (Å²) in [7, 11) is 0. The Balaban J connectivity index is 2.65. The van der Waals surface area contributed by atoms with Crippen molar-refractivity contribution in [3.05, 3.63) is 28.2 Å². The van der Waals surface area contributed by atoms with Crippen molar-refractivity contribution >= 4 is 21.6 Å². The highest BCUT2D eigenvalue weighted by Gasteiger charge is 2.09. The van der Waals surface area contributed by atoms with Crippen LogP contribution in [0, 0.1) is 11.3 Å². The van der Waals surface area contributed by atoms with Crippen LogP contribution in [0.25, 0.3) is 0 Å². The summed E-state index contributed by atoms with van der Waals surface area (Å²) in [5.74, 6) is 0. The van der Waals surface area contributed by atoms with Gasteiger partial charge in [0, 0.05) is 17.6 Å². The van der Waals surface area contributed by atoms with E-state index in [4.69, 9.17) is 5.26 Å². The highest BCUT2D eigenvalue weighted by molar-refractivity contribution is 9.10. The first kappa shape index (κ1) is 17.0. The highest BCUT2D eigenvalue weighted by atomic mass is 79.9. The zero-order valence-electron chi connectivity index (χ0n) is 12.7. The van der Waals surface area contributed by atoms with E-state index in [1.165, 1.54) is 5.69 Å². The van der Waals surface area contributed by atoms with Crippen molar-refractivity contribution < 1.29 is 0 Å². The third-order valence-electron chi connectivity index (χ3n) is 3.60. The molecule has 0 saturated heterocycles. The predicted octanol–water partition coefficient (Wildman–Crippen LogP) is 3.88. The average molecular weight is 338 g/mol. The van der Waals surface area contributed by atoms with E-state index in [1.54, 1.807) is 0 Å². The normalized spacial score (nSPS) is 10.6. The summed E-state index contributed by atoms with van der Waals surface area (Å²) in [6.45, 7) is 12.0. The summed E-state index contributed by atoms with van der Waals surface area (Å²) in [4.78, 5) is 4.80. The summed E-state index contributed by atoms with van der Waals surface area (Å²) in [5, 5.41) is 8.92. The largest absolute Gasteiger partial charge is 0.371 e. The van der Waals surface area contributed by atoms with Crippen LogP contribution in [0.2, 0.25) is 0 Å². The minimum atomic E-state index is 0.694. The van der Waals surface area contributed by atoms with Gasteiger partial charge in [0.05, 0.1) is 17.3 Å². The number of hydrogen-bond acceptors (Lipinski definition) is 3. The van der Waals surface area contributed by atoms with Crippen molar-refractivity contribution in [3.8, 4) is 6.07 Å². The molecule has 0 fully saturated rings. The fraction of sp³-hybridized carbons (Fsp3) is 0.562. The molecule has 1 aromatic carbocycles. The van der Waals surface area contributed by atoms with E-state index in [1.807, 2.05) is 18.2 Å². The van der Waals surface area contributed by atoms with Gasteiger partial charge in [0.15, 0.2) is 0 Å². The molecular formula is C16H24BrN3. The van der Waals surface area contributed by atoms with Gasteiger partial charge in [-0.1, -0.05) is 13.8 Å². The van der Waals surface area contributed by atoms with E-state index in [9.17, 15) is 0 Å². The van der Waals surface area contributed by atoms with E-state index < -0.39 is 0 Å². The van der Waals surface area contributed by atoms with Crippen molar-refractivity contribution in [1.29, 1.82) is 5.26 Å².